The Morgan fingerprint density at radius 2 is 1.85 bits per heavy atom. The van der Waals surface area contributed by atoms with Crippen LogP contribution >= 0.6 is 0 Å². The highest BCUT2D eigenvalue weighted by Crippen LogP contribution is 2.29. The third-order valence-corrected chi connectivity index (χ3v) is 7.69. The summed E-state index contributed by atoms with van der Waals surface area (Å²) in [7, 11) is -3.18. The molecule has 178 valence electrons. The Bertz CT molecular complexity index is 1180. The van der Waals surface area contributed by atoms with E-state index in [-0.39, 0.29) is 23.4 Å². The highest BCUT2D eigenvalue weighted by molar-refractivity contribution is 7.91. The molecule has 1 saturated heterocycles. The summed E-state index contributed by atoms with van der Waals surface area (Å²) in [4.78, 5) is 38.7. The normalized spacial score (nSPS) is 20.1. The molecule has 0 spiro atoms. The molecule has 1 aromatic heterocycles. The zero-order valence-corrected chi connectivity index (χ0v) is 18.6. The minimum absolute atomic E-state index is 0.0411. The fourth-order valence-electron chi connectivity index (χ4n) is 4.38. The number of hydrogen-bond donors (Lipinski definition) is 0. The molecule has 2 aliphatic rings. The molecule has 0 N–H and O–H groups in total. The van der Waals surface area contributed by atoms with Crippen molar-refractivity contribution in [1.82, 2.24) is 14.7 Å². The molecule has 33 heavy (non-hydrogen) atoms. The molecule has 1 unspecified atom stereocenters. The van der Waals surface area contributed by atoms with E-state index in [1.54, 1.807) is 4.90 Å². The van der Waals surface area contributed by atoms with E-state index in [1.165, 1.54) is 24.3 Å². The van der Waals surface area contributed by atoms with Gasteiger partial charge in [0.1, 0.15) is 12.4 Å². The summed E-state index contributed by atoms with van der Waals surface area (Å²) in [6, 6.07) is 4.64. The third-order valence-electron chi connectivity index (χ3n) is 5.94. The van der Waals surface area contributed by atoms with Gasteiger partial charge in [-0.15, -0.1) is 5.10 Å². The Morgan fingerprint density at radius 3 is 2.48 bits per heavy atom. The van der Waals surface area contributed by atoms with E-state index >= 15 is 0 Å². The van der Waals surface area contributed by atoms with Crippen LogP contribution in [0.3, 0.4) is 0 Å². The maximum atomic E-state index is 13.1. The highest BCUT2D eigenvalue weighted by Gasteiger charge is 2.39. The Hall–Kier alpha value is -3.02. The van der Waals surface area contributed by atoms with Gasteiger partial charge in [0.05, 0.1) is 11.5 Å². The number of amides is 1. The number of benzene rings is 1. The van der Waals surface area contributed by atoms with Crippen LogP contribution in [0.5, 0.6) is 0 Å². The lowest BCUT2D eigenvalue weighted by molar-refractivity contribution is -0.154. The van der Waals surface area contributed by atoms with Crippen LogP contribution in [0.25, 0.3) is 11.5 Å². The molecule has 1 aliphatic carbocycles. The van der Waals surface area contributed by atoms with Crippen molar-refractivity contribution in [3.8, 4) is 11.5 Å². The molecule has 10 nitrogen and oxygen atoms in total. The fourth-order valence-corrected chi connectivity index (χ4v) is 6.09. The number of carbonyl (C=O) groups is 2. The van der Waals surface area contributed by atoms with Gasteiger partial charge >= 0.3 is 11.7 Å². The molecular weight excluding hydrogens is 457 g/mol. The average Bonchev–Trinajstić information content (AvgIpc) is 3.49. The number of rotatable bonds is 7. The molecular formula is C21H24FN3O7S. The predicted octanol–water partition coefficient (Wildman–Crippen LogP) is 1.14. The maximum absolute atomic E-state index is 13.1. The Morgan fingerprint density at radius 1 is 1.15 bits per heavy atom. The highest BCUT2D eigenvalue weighted by atomic mass is 32.2. The summed E-state index contributed by atoms with van der Waals surface area (Å²) in [5.74, 6) is -2.80. The van der Waals surface area contributed by atoms with Gasteiger partial charge in [0.2, 0.25) is 5.89 Å². The SMILES string of the molecule is O=C(Cn1nc(-c2ccc(F)cc2)oc1=O)OCC(=O)N(C1CCCC1)C1CCS(=O)(=O)C1. The van der Waals surface area contributed by atoms with Crippen molar-refractivity contribution in [2.45, 2.75) is 50.7 Å². The van der Waals surface area contributed by atoms with Gasteiger partial charge in [-0.25, -0.2) is 17.6 Å². The molecule has 1 atom stereocenters. The minimum Gasteiger partial charge on any atom is -0.454 e. The fraction of sp³-hybridized carbons (Fsp3) is 0.524. The van der Waals surface area contributed by atoms with Crippen molar-refractivity contribution < 1.29 is 31.6 Å². The first-order valence-electron chi connectivity index (χ1n) is 10.7. The standard InChI is InChI=1S/C21H24FN3O7S/c22-15-7-5-14(6-8-15)20-23-24(21(28)32-20)11-19(27)31-12-18(26)25(16-3-1-2-4-16)17-9-10-33(29,30)13-17/h5-8,16-17H,1-4,9-13H2. The summed E-state index contributed by atoms with van der Waals surface area (Å²) >= 11 is 0. The number of hydrogen-bond acceptors (Lipinski definition) is 8. The summed E-state index contributed by atoms with van der Waals surface area (Å²) in [6.07, 6.45) is 3.87. The van der Waals surface area contributed by atoms with Crippen LogP contribution in [-0.2, 0) is 30.7 Å². The number of ether oxygens (including phenoxy) is 1. The first-order chi connectivity index (χ1) is 15.7. The second-order valence-electron chi connectivity index (χ2n) is 8.29. The van der Waals surface area contributed by atoms with Crippen molar-refractivity contribution in [1.29, 1.82) is 0 Å². The van der Waals surface area contributed by atoms with Crippen LogP contribution in [-0.4, -0.2) is 65.2 Å². The van der Waals surface area contributed by atoms with Crippen LogP contribution in [0.4, 0.5) is 4.39 Å². The van der Waals surface area contributed by atoms with Gasteiger partial charge < -0.3 is 14.1 Å². The zero-order valence-electron chi connectivity index (χ0n) is 17.8. The van der Waals surface area contributed by atoms with Crippen molar-refractivity contribution in [2.75, 3.05) is 18.1 Å². The van der Waals surface area contributed by atoms with E-state index in [2.05, 4.69) is 5.10 Å². The minimum atomic E-state index is -3.18. The molecule has 1 amide bonds. The predicted molar refractivity (Wildman–Crippen MR) is 113 cm³/mol. The molecule has 0 bridgehead atoms. The molecule has 1 saturated carbocycles. The lowest BCUT2D eigenvalue weighted by atomic mass is 10.1. The van der Waals surface area contributed by atoms with Crippen LogP contribution < -0.4 is 5.76 Å². The summed E-state index contributed by atoms with van der Waals surface area (Å²) in [5.41, 5.74) is 0.356. The van der Waals surface area contributed by atoms with Gasteiger partial charge in [-0.3, -0.25) is 9.59 Å². The smallest absolute Gasteiger partial charge is 0.437 e. The van der Waals surface area contributed by atoms with Gasteiger partial charge in [-0.05, 0) is 43.5 Å². The first-order valence-corrected chi connectivity index (χ1v) is 12.5. The number of aromatic nitrogens is 2. The van der Waals surface area contributed by atoms with Crippen LogP contribution in [0.2, 0.25) is 0 Å². The molecule has 2 heterocycles. The van der Waals surface area contributed by atoms with E-state index in [1.807, 2.05) is 0 Å². The monoisotopic (exact) mass is 481 g/mol. The van der Waals surface area contributed by atoms with E-state index in [0.29, 0.717) is 12.0 Å². The summed E-state index contributed by atoms with van der Waals surface area (Å²) in [5, 5.41) is 3.91. The van der Waals surface area contributed by atoms with Gasteiger partial charge in [0.15, 0.2) is 16.4 Å². The molecule has 2 fully saturated rings. The Kier molecular flexibility index (Phi) is 6.63. The average molecular weight is 482 g/mol. The molecule has 1 aromatic carbocycles. The van der Waals surface area contributed by atoms with Crippen molar-refractivity contribution in [2.24, 2.45) is 0 Å². The third kappa shape index (κ3) is 5.49. The van der Waals surface area contributed by atoms with Crippen molar-refractivity contribution in [3.63, 3.8) is 0 Å². The Labute approximate surface area is 189 Å². The van der Waals surface area contributed by atoms with Crippen LogP contribution in [0.1, 0.15) is 32.1 Å². The van der Waals surface area contributed by atoms with Gasteiger partial charge in [0, 0.05) is 17.6 Å². The van der Waals surface area contributed by atoms with Crippen molar-refractivity contribution in [3.05, 3.63) is 40.6 Å². The number of esters is 1. The van der Waals surface area contributed by atoms with E-state index in [0.717, 1.165) is 30.4 Å². The van der Waals surface area contributed by atoms with Crippen LogP contribution in [0, 0.1) is 5.82 Å². The number of nitrogens with zero attached hydrogens (tertiary/aromatic N) is 3. The van der Waals surface area contributed by atoms with E-state index < -0.39 is 52.5 Å². The lowest BCUT2D eigenvalue weighted by Crippen LogP contribution is -2.48. The Balaban J connectivity index is 1.38. The number of halogens is 1. The maximum Gasteiger partial charge on any atom is 0.437 e. The molecule has 4 rings (SSSR count). The zero-order chi connectivity index (χ0) is 23.6. The van der Waals surface area contributed by atoms with E-state index in [9.17, 15) is 27.2 Å². The van der Waals surface area contributed by atoms with Crippen LogP contribution in [0.15, 0.2) is 33.5 Å². The van der Waals surface area contributed by atoms with Crippen molar-refractivity contribution >= 4 is 21.7 Å². The number of carbonyl (C=O) groups excluding carboxylic acids is 2. The quantitative estimate of drug-likeness (QED) is 0.539. The first kappa shape index (κ1) is 23.1. The van der Waals surface area contributed by atoms with Gasteiger partial charge in [-0.2, -0.15) is 4.68 Å². The summed E-state index contributed by atoms with van der Waals surface area (Å²) < 4.78 is 47.7. The molecule has 1 aliphatic heterocycles. The second kappa shape index (κ2) is 9.46. The molecule has 0 radical (unpaired) electrons. The number of sulfone groups is 1. The lowest BCUT2D eigenvalue weighted by Gasteiger charge is -2.33. The second-order valence-corrected chi connectivity index (χ2v) is 10.5. The van der Waals surface area contributed by atoms with Gasteiger partial charge in [0.25, 0.3) is 5.91 Å². The molecule has 2 aromatic rings. The summed E-state index contributed by atoms with van der Waals surface area (Å²) in [6.45, 7) is -1.12. The van der Waals surface area contributed by atoms with Gasteiger partial charge in [-0.1, -0.05) is 12.8 Å². The van der Waals surface area contributed by atoms with E-state index in [4.69, 9.17) is 9.15 Å². The largest absolute Gasteiger partial charge is 0.454 e. The topological polar surface area (TPSA) is 129 Å². The molecule has 12 heteroatoms.